The van der Waals surface area contributed by atoms with Crippen LogP contribution < -0.4 is 10.1 Å². The Balaban J connectivity index is 2.25. The lowest BCUT2D eigenvalue weighted by Crippen LogP contribution is -2.42. The Bertz CT molecular complexity index is 620. The Kier molecular flexibility index (Phi) is 6.42. The van der Waals surface area contributed by atoms with Gasteiger partial charge in [-0.15, -0.1) is 0 Å². The van der Waals surface area contributed by atoms with Crippen molar-refractivity contribution in [3.8, 4) is 5.75 Å². The van der Waals surface area contributed by atoms with Crippen molar-refractivity contribution in [2.45, 2.75) is 58.2 Å². The standard InChI is InChI=1S/C19H27NO5/c1-5-24-17(21)15-12-14(8-9-16(15)25-13(2)3)20-18(22)19(23-4)10-6-7-11-19/h8-9,12-13H,5-7,10-11H2,1-4H3,(H,20,22). The molecule has 0 bridgehead atoms. The molecule has 0 radical (unpaired) electrons. The minimum atomic E-state index is -0.781. The van der Waals surface area contributed by atoms with Crippen LogP contribution in [0.15, 0.2) is 18.2 Å². The zero-order chi connectivity index (χ0) is 18.4. The highest BCUT2D eigenvalue weighted by atomic mass is 16.5. The molecule has 0 unspecified atom stereocenters. The molecule has 1 aromatic rings. The fourth-order valence-corrected chi connectivity index (χ4v) is 3.05. The van der Waals surface area contributed by atoms with E-state index in [1.54, 1.807) is 32.2 Å². The third-order valence-corrected chi connectivity index (χ3v) is 4.31. The predicted octanol–water partition coefficient (Wildman–Crippen LogP) is 3.55. The molecule has 1 saturated carbocycles. The van der Waals surface area contributed by atoms with Gasteiger partial charge in [0.25, 0.3) is 5.91 Å². The summed E-state index contributed by atoms with van der Waals surface area (Å²) in [7, 11) is 1.56. The molecule has 0 aliphatic heterocycles. The van der Waals surface area contributed by atoms with Gasteiger partial charge in [0.1, 0.15) is 16.9 Å². The van der Waals surface area contributed by atoms with Gasteiger partial charge in [-0.25, -0.2) is 4.79 Å². The van der Waals surface area contributed by atoms with Crippen LogP contribution in [0.25, 0.3) is 0 Å². The Morgan fingerprint density at radius 3 is 2.48 bits per heavy atom. The van der Waals surface area contributed by atoms with Crippen LogP contribution >= 0.6 is 0 Å². The summed E-state index contributed by atoms with van der Waals surface area (Å²) >= 11 is 0. The lowest BCUT2D eigenvalue weighted by Gasteiger charge is -2.26. The maximum absolute atomic E-state index is 12.7. The van der Waals surface area contributed by atoms with Gasteiger partial charge < -0.3 is 19.5 Å². The monoisotopic (exact) mass is 349 g/mol. The first-order valence-electron chi connectivity index (χ1n) is 8.76. The van der Waals surface area contributed by atoms with Gasteiger partial charge in [0.2, 0.25) is 0 Å². The van der Waals surface area contributed by atoms with Crippen LogP contribution in [0.4, 0.5) is 5.69 Å². The third-order valence-electron chi connectivity index (χ3n) is 4.31. The molecule has 0 aromatic heterocycles. The van der Waals surface area contributed by atoms with Crippen molar-refractivity contribution in [2.24, 2.45) is 0 Å². The first-order chi connectivity index (χ1) is 11.9. The maximum atomic E-state index is 12.7. The molecule has 6 heteroatoms. The van der Waals surface area contributed by atoms with Gasteiger partial charge in [0.15, 0.2) is 0 Å². The van der Waals surface area contributed by atoms with Gasteiger partial charge >= 0.3 is 5.97 Å². The van der Waals surface area contributed by atoms with Crippen LogP contribution in [0, 0.1) is 0 Å². The van der Waals surface area contributed by atoms with Gasteiger partial charge in [-0.2, -0.15) is 0 Å². The van der Waals surface area contributed by atoms with E-state index in [9.17, 15) is 9.59 Å². The Morgan fingerprint density at radius 2 is 1.92 bits per heavy atom. The predicted molar refractivity (Wildman–Crippen MR) is 95.0 cm³/mol. The van der Waals surface area contributed by atoms with Crippen molar-refractivity contribution in [3.63, 3.8) is 0 Å². The van der Waals surface area contributed by atoms with Gasteiger partial charge in [-0.3, -0.25) is 4.79 Å². The molecule has 1 N–H and O–H groups in total. The number of anilines is 1. The van der Waals surface area contributed by atoms with E-state index < -0.39 is 11.6 Å². The molecule has 25 heavy (non-hydrogen) atoms. The fraction of sp³-hybridized carbons (Fsp3) is 0.579. The molecular formula is C19H27NO5. The number of nitrogens with one attached hydrogen (secondary N) is 1. The highest BCUT2D eigenvalue weighted by Crippen LogP contribution is 2.34. The molecular weight excluding hydrogens is 322 g/mol. The van der Waals surface area contributed by atoms with Gasteiger partial charge in [-0.1, -0.05) is 0 Å². The average Bonchev–Trinajstić information content (AvgIpc) is 3.06. The van der Waals surface area contributed by atoms with E-state index in [0.717, 1.165) is 12.8 Å². The number of amides is 1. The number of esters is 1. The molecule has 0 heterocycles. The van der Waals surface area contributed by atoms with E-state index in [1.165, 1.54) is 0 Å². The van der Waals surface area contributed by atoms with Gasteiger partial charge in [0.05, 0.1) is 12.7 Å². The molecule has 1 aromatic carbocycles. The summed E-state index contributed by atoms with van der Waals surface area (Å²) < 4.78 is 16.3. The number of rotatable bonds is 7. The van der Waals surface area contributed by atoms with E-state index in [-0.39, 0.29) is 18.6 Å². The number of carbonyl (C=O) groups excluding carboxylic acids is 2. The molecule has 1 aliphatic rings. The number of methoxy groups -OCH3 is 1. The van der Waals surface area contributed by atoms with Crippen molar-refractivity contribution in [3.05, 3.63) is 23.8 Å². The first kappa shape index (κ1) is 19.2. The molecule has 1 aliphatic carbocycles. The van der Waals surface area contributed by atoms with Crippen LogP contribution in [-0.4, -0.2) is 37.3 Å². The largest absolute Gasteiger partial charge is 0.490 e. The van der Waals surface area contributed by atoms with E-state index in [4.69, 9.17) is 14.2 Å². The second-order valence-corrected chi connectivity index (χ2v) is 6.46. The summed E-state index contributed by atoms with van der Waals surface area (Å²) in [6, 6.07) is 4.98. The Morgan fingerprint density at radius 1 is 1.24 bits per heavy atom. The highest BCUT2D eigenvalue weighted by molar-refractivity contribution is 5.99. The van der Waals surface area contributed by atoms with Gasteiger partial charge in [-0.05, 0) is 64.7 Å². The molecule has 2 rings (SSSR count). The lowest BCUT2D eigenvalue weighted by atomic mass is 10.0. The second kappa shape index (κ2) is 8.34. The van der Waals surface area contributed by atoms with E-state index >= 15 is 0 Å². The number of carbonyl (C=O) groups is 2. The average molecular weight is 349 g/mol. The molecule has 0 atom stereocenters. The van der Waals surface area contributed by atoms with E-state index in [0.29, 0.717) is 29.8 Å². The fourth-order valence-electron chi connectivity index (χ4n) is 3.05. The molecule has 1 amide bonds. The van der Waals surface area contributed by atoms with Gasteiger partial charge in [0, 0.05) is 12.8 Å². The van der Waals surface area contributed by atoms with Crippen LogP contribution in [0.1, 0.15) is 56.8 Å². The lowest BCUT2D eigenvalue weighted by molar-refractivity contribution is -0.137. The van der Waals surface area contributed by atoms with Crippen molar-refractivity contribution in [2.75, 3.05) is 19.0 Å². The van der Waals surface area contributed by atoms with Crippen molar-refractivity contribution in [1.29, 1.82) is 0 Å². The minimum absolute atomic E-state index is 0.0798. The molecule has 0 spiro atoms. The number of ether oxygens (including phenoxy) is 3. The summed E-state index contributed by atoms with van der Waals surface area (Å²) in [6.45, 7) is 5.78. The van der Waals surface area contributed by atoms with Crippen LogP contribution in [0.3, 0.4) is 0 Å². The summed E-state index contributed by atoms with van der Waals surface area (Å²) in [6.07, 6.45) is 3.26. The normalized spacial score (nSPS) is 15.9. The zero-order valence-electron chi connectivity index (χ0n) is 15.4. The molecule has 138 valence electrons. The Labute approximate surface area is 148 Å². The number of hydrogen-bond donors (Lipinski definition) is 1. The highest BCUT2D eigenvalue weighted by Gasteiger charge is 2.41. The number of hydrogen-bond acceptors (Lipinski definition) is 5. The Hall–Kier alpha value is -2.08. The quantitative estimate of drug-likeness (QED) is 0.762. The summed E-state index contributed by atoms with van der Waals surface area (Å²) in [5, 5.41) is 2.87. The van der Waals surface area contributed by atoms with Crippen molar-refractivity contribution in [1.82, 2.24) is 0 Å². The van der Waals surface area contributed by atoms with E-state index in [1.807, 2.05) is 13.8 Å². The maximum Gasteiger partial charge on any atom is 0.341 e. The summed E-state index contributed by atoms with van der Waals surface area (Å²) in [5.74, 6) is -0.217. The molecule has 6 nitrogen and oxygen atoms in total. The summed E-state index contributed by atoms with van der Waals surface area (Å²) in [5.41, 5.74) is 0.0377. The smallest absolute Gasteiger partial charge is 0.341 e. The topological polar surface area (TPSA) is 73.9 Å². The van der Waals surface area contributed by atoms with Crippen molar-refractivity contribution >= 4 is 17.6 Å². The van der Waals surface area contributed by atoms with Crippen LogP contribution in [-0.2, 0) is 14.3 Å². The van der Waals surface area contributed by atoms with Crippen molar-refractivity contribution < 1.29 is 23.8 Å². The molecule has 1 fully saturated rings. The van der Waals surface area contributed by atoms with E-state index in [2.05, 4.69) is 5.32 Å². The SMILES string of the molecule is CCOC(=O)c1cc(NC(=O)C2(OC)CCCC2)ccc1OC(C)C. The summed E-state index contributed by atoms with van der Waals surface area (Å²) in [4.78, 5) is 24.9. The molecule has 0 saturated heterocycles. The number of benzene rings is 1. The third kappa shape index (κ3) is 4.51. The first-order valence-corrected chi connectivity index (χ1v) is 8.76. The zero-order valence-corrected chi connectivity index (χ0v) is 15.4. The van der Waals surface area contributed by atoms with Crippen LogP contribution in [0.2, 0.25) is 0 Å². The van der Waals surface area contributed by atoms with Crippen LogP contribution in [0.5, 0.6) is 5.75 Å². The second-order valence-electron chi connectivity index (χ2n) is 6.46. The minimum Gasteiger partial charge on any atom is -0.490 e.